The zero-order valence-corrected chi connectivity index (χ0v) is 16.7. The highest BCUT2D eigenvalue weighted by atomic mass is 32.1. The molecule has 2 fully saturated rings. The second-order valence-corrected chi connectivity index (χ2v) is 9.10. The Hall–Kier alpha value is -2.05. The van der Waals surface area contributed by atoms with Gasteiger partial charge in [0.05, 0.1) is 6.54 Å². The van der Waals surface area contributed by atoms with Crippen LogP contribution in [-0.4, -0.2) is 31.2 Å². The van der Waals surface area contributed by atoms with E-state index in [-0.39, 0.29) is 5.91 Å². The number of thiophene rings is 1. The molecule has 1 aromatic heterocycles. The van der Waals surface area contributed by atoms with Gasteiger partial charge < -0.3 is 19.7 Å². The molecule has 3 aliphatic heterocycles. The van der Waals surface area contributed by atoms with Crippen LogP contribution in [0.25, 0.3) is 0 Å². The second kappa shape index (κ2) is 7.76. The molecule has 1 N–H and O–H groups in total. The zero-order valence-electron chi connectivity index (χ0n) is 15.9. The van der Waals surface area contributed by atoms with Gasteiger partial charge in [0.25, 0.3) is 0 Å². The summed E-state index contributed by atoms with van der Waals surface area (Å²) in [6.07, 6.45) is 5.38. The molecule has 28 heavy (non-hydrogen) atoms. The van der Waals surface area contributed by atoms with E-state index in [0.29, 0.717) is 44.2 Å². The minimum atomic E-state index is 0.205. The van der Waals surface area contributed by atoms with E-state index in [0.717, 1.165) is 30.0 Å². The summed E-state index contributed by atoms with van der Waals surface area (Å²) in [5, 5.41) is 5.73. The number of anilines is 1. The van der Waals surface area contributed by atoms with Gasteiger partial charge in [-0.05, 0) is 55.2 Å². The molecule has 0 aliphatic carbocycles. The van der Waals surface area contributed by atoms with Gasteiger partial charge in [-0.2, -0.15) is 0 Å². The average molecular weight is 399 g/mol. The van der Waals surface area contributed by atoms with Gasteiger partial charge in [0.1, 0.15) is 13.2 Å². The van der Waals surface area contributed by atoms with Gasteiger partial charge in [0, 0.05) is 35.1 Å². The fourth-order valence-electron chi connectivity index (χ4n) is 4.78. The average Bonchev–Trinajstić information content (AvgIpc) is 3.35. The zero-order chi connectivity index (χ0) is 18.9. The summed E-state index contributed by atoms with van der Waals surface area (Å²) in [6.45, 7) is 1.73. The first kappa shape index (κ1) is 18.0. The van der Waals surface area contributed by atoms with Crippen molar-refractivity contribution in [2.45, 2.75) is 50.7 Å². The molecule has 0 saturated carbocycles. The van der Waals surface area contributed by atoms with Crippen molar-refractivity contribution in [3.05, 3.63) is 40.6 Å². The molecule has 0 spiro atoms. The van der Waals surface area contributed by atoms with Crippen LogP contribution in [0.2, 0.25) is 0 Å². The van der Waals surface area contributed by atoms with Crippen LogP contribution in [0, 0.1) is 5.92 Å². The van der Waals surface area contributed by atoms with Crippen molar-refractivity contribution in [3.63, 3.8) is 0 Å². The maximum atomic E-state index is 13.4. The summed E-state index contributed by atoms with van der Waals surface area (Å²) in [4.78, 5) is 16.5. The summed E-state index contributed by atoms with van der Waals surface area (Å²) in [7, 11) is 0. The van der Waals surface area contributed by atoms with Crippen molar-refractivity contribution in [1.82, 2.24) is 5.32 Å². The molecule has 2 bridgehead atoms. The smallest absolute Gasteiger partial charge is 0.227 e. The maximum Gasteiger partial charge on any atom is 0.227 e. The third-order valence-electron chi connectivity index (χ3n) is 6.07. The van der Waals surface area contributed by atoms with Crippen molar-refractivity contribution >= 4 is 22.9 Å². The van der Waals surface area contributed by atoms with Crippen LogP contribution in [0.5, 0.6) is 11.5 Å². The molecule has 0 radical (unpaired) electrons. The van der Waals surface area contributed by atoms with Crippen molar-refractivity contribution in [2.24, 2.45) is 5.92 Å². The van der Waals surface area contributed by atoms with Gasteiger partial charge in [-0.3, -0.25) is 4.79 Å². The Bertz CT molecular complexity index is 826. The highest BCUT2D eigenvalue weighted by molar-refractivity contribution is 7.09. The van der Waals surface area contributed by atoms with Gasteiger partial charge in [0.15, 0.2) is 11.5 Å². The molecule has 148 valence electrons. The summed E-state index contributed by atoms with van der Waals surface area (Å²) in [6, 6.07) is 11.2. The Morgan fingerprint density at radius 1 is 1.11 bits per heavy atom. The van der Waals surface area contributed by atoms with Crippen molar-refractivity contribution in [1.29, 1.82) is 0 Å². The molecule has 3 aliphatic rings. The lowest BCUT2D eigenvalue weighted by molar-refractivity contribution is -0.119. The van der Waals surface area contributed by atoms with E-state index in [1.165, 1.54) is 17.7 Å². The number of nitrogens with one attached hydrogen (secondary N) is 1. The van der Waals surface area contributed by atoms with Gasteiger partial charge in [-0.1, -0.05) is 6.07 Å². The topological polar surface area (TPSA) is 50.8 Å². The van der Waals surface area contributed by atoms with Crippen molar-refractivity contribution in [3.8, 4) is 11.5 Å². The van der Waals surface area contributed by atoms with Crippen LogP contribution < -0.4 is 19.7 Å². The summed E-state index contributed by atoms with van der Waals surface area (Å²) >= 11 is 1.69. The largest absolute Gasteiger partial charge is 0.486 e. The Morgan fingerprint density at radius 3 is 2.64 bits per heavy atom. The molecular formula is C22H26N2O3S. The monoisotopic (exact) mass is 398 g/mol. The molecule has 2 unspecified atom stereocenters. The summed E-state index contributed by atoms with van der Waals surface area (Å²) in [5.74, 6) is 2.17. The lowest BCUT2D eigenvalue weighted by Gasteiger charge is -2.31. The van der Waals surface area contributed by atoms with Crippen molar-refractivity contribution < 1.29 is 14.3 Å². The fourth-order valence-corrected chi connectivity index (χ4v) is 5.47. The van der Waals surface area contributed by atoms with Crippen molar-refractivity contribution in [2.75, 3.05) is 18.1 Å². The van der Waals surface area contributed by atoms with E-state index >= 15 is 0 Å². The highest BCUT2D eigenvalue weighted by Gasteiger charge is 2.35. The standard InChI is InChI=1S/C22H26N2O3S/c25-22(12-15-10-16-3-4-17(11-15)23-16)24(14-19-2-1-9-28-19)18-5-6-20-21(13-18)27-8-7-26-20/h1-2,5-6,9,13,15-17,23H,3-4,7-8,10-12,14H2. The number of nitrogens with zero attached hydrogens (tertiary/aromatic N) is 1. The van der Waals surface area contributed by atoms with E-state index in [2.05, 4.69) is 16.8 Å². The number of carbonyl (C=O) groups is 1. The molecule has 2 atom stereocenters. The summed E-state index contributed by atoms with van der Waals surface area (Å²) in [5.41, 5.74) is 0.888. The number of fused-ring (bicyclic) bond motifs is 3. The minimum Gasteiger partial charge on any atom is -0.486 e. The molecule has 1 amide bonds. The molecule has 2 aromatic rings. The van der Waals surface area contributed by atoms with Gasteiger partial charge >= 0.3 is 0 Å². The van der Waals surface area contributed by atoms with Crippen LogP contribution in [0.4, 0.5) is 5.69 Å². The maximum absolute atomic E-state index is 13.4. The number of piperidine rings is 1. The van der Waals surface area contributed by atoms with E-state index in [9.17, 15) is 4.79 Å². The number of carbonyl (C=O) groups excluding carboxylic acids is 1. The fraction of sp³-hybridized carbons (Fsp3) is 0.500. The Morgan fingerprint density at radius 2 is 1.89 bits per heavy atom. The van der Waals surface area contributed by atoms with E-state index in [1.807, 2.05) is 29.2 Å². The van der Waals surface area contributed by atoms with Crippen LogP contribution in [-0.2, 0) is 11.3 Å². The van der Waals surface area contributed by atoms with Crippen LogP contribution in [0.15, 0.2) is 35.7 Å². The molecule has 5 nitrogen and oxygen atoms in total. The number of hydrogen-bond donors (Lipinski definition) is 1. The number of amides is 1. The SMILES string of the molecule is O=C(CC1CC2CCC(C1)N2)N(Cc1cccs1)c1ccc2c(c1)OCCO2. The quantitative estimate of drug-likeness (QED) is 0.828. The summed E-state index contributed by atoms with van der Waals surface area (Å²) < 4.78 is 11.4. The van der Waals surface area contributed by atoms with Crippen LogP contribution in [0.1, 0.15) is 37.0 Å². The molecule has 5 rings (SSSR count). The number of benzene rings is 1. The third-order valence-corrected chi connectivity index (χ3v) is 6.93. The first-order valence-corrected chi connectivity index (χ1v) is 11.1. The first-order valence-electron chi connectivity index (χ1n) is 10.2. The Labute approximate surface area is 169 Å². The highest BCUT2D eigenvalue weighted by Crippen LogP contribution is 2.37. The Balaban J connectivity index is 1.37. The van der Waals surface area contributed by atoms with Gasteiger partial charge in [0.2, 0.25) is 5.91 Å². The molecule has 2 saturated heterocycles. The predicted molar refractivity (Wildman–Crippen MR) is 110 cm³/mol. The lowest BCUT2D eigenvalue weighted by atomic mass is 9.89. The molecule has 6 heteroatoms. The molecule has 1 aromatic carbocycles. The van der Waals surface area contributed by atoms with Gasteiger partial charge in [-0.15, -0.1) is 11.3 Å². The van der Waals surface area contributed by atoms with Crippen LogP contribution >= 0.6 is 11.3 Å². The molecule has 4 heterocycles. The predicted octanol–water partition coefficient (Wildman–Crippen LogP) is 3.97. The van der Waals surface area contributed by atoms with Crippen LogP contribution in [0.3, 0.4) is 0 Å². The minimum absolute atomic E-state index is 0.205. The van der Waals surface area contributed by atoms with E-state index in [1.54, 1.807) is 11.3 Å². The second-order valence-electron chi connectivity index (χ2n) is 8.07. The van der Waals surface area contributed by atoms with E-state index < -0.39 is 0 Å². The normalized spacial score (nSPS) is 25.5. The third kappa shape index (κ3) is 3.76. The Kier molecular flexibility index (Phi) is 4.99. The lowest BCUT2D eigenvalue weighted by Crippen LogP contribution is -2.40. The number of rotatable bonds is 5. The number of ether oxygens (including phenoxy) is 2. The first-order chi connectivity index (χ1) is 13.7. The molecular weight excluding hydrogens is 372 g/mol. The number of hydrogen-bond acceptors (Lipinski definition) is 5. The van der Waals surface area contributed by atoms with E-state index in [4.69, 9.17) is 9.47 Å². The van der Waals surface area contributed by atoms with Gasteiger partial charge in [-0.25, -0.2) is 0 Å².